The molecule has 24 heavy (non-hydrogen) atoms. The first-order valence-corrected chi connectivity index (χ1v) is 8.51. The Hall–Kier alpha value is -2.21. The number of carbonyl (C=O) groups excluding carboxylic acids is 1. The van der Waals surface area contributed by atoms with Crippen molar-refractivity contribution in [1.29, 1.82) is 0 Å². The van der Waals surface area contributed by atoms with Gasteiger partial charge in [-0.1, -0.05) is 35.5 Å². The number of carbonyl (C=O) groups is 1. The topological polar surface area (TPSA) is 80.0 Å². The first kappa shape index (κ1) is 16.6. The number of aromatic nitrogens is 3. The van der Waals surface area contributed by atoms with E-state index in [2.05, 4.69) is 15.6 Å². The van der Waals surface area contributed by atoms with E-state index in [0.717, 1.165) is 11.3 Å². The Kier molecular flexibility index (Phi) is 5.25. The molecule has 1 aliphatic carbocycles. The Balaban J connectivity index is 1.53. The number of hydrogen-bond donors (Lipinski definition) is 2. The number of nitrogens with zero attached hydrogens (tertiary/aromatic N) is 3. The third-order valence-corrected chi connectivity index (χ3v) is 4.30. The van der Waals surface area contributed by atoms with Crippen molar-refractivity contribution in [1.82, 2.24) is 20.3 Å². The second-order valence-electron chi connectivity index (χ2n) is 6.61. The van der Waals surface area contributed by atoms with E-state index in [4.69, 9.17) is 0 Å². The SMILES string of the molecule is CC(O)CC(CNC(=O)Cn1cc(C2CC2)nn1)c1ccccc1. The zero-order chi connectivity index (χ0) is 16.9. The summed E-state index contributed by atoms with van der Waals surface area (Å²) in [4.78, 5) is 12.2. The van der Waals surface area contributed by atoms with Crippen molar-refractivity contribution in [3.63, 3.8) is 0 Å². The van der Waals surface area contributed by atoms with Crippen molar-refractivity contribution in [2.45, 2.75) is 50.7 Å². The van der Waals surface area contributed by atoms with Crippen LogP contribution < -0.4 is 5.32 Å². The van der Waals surface area contributed by atoms with Crippen molar-refractivity contribution in [2.24, 2.45) is 0 Å². The molecule has 1 amide bonds. The van der Waals surface area contributed by atoms with E-state index < -0.39 is 6.10 Å². The second-order valence-corrected chi connectivity index (χ2v) is 6.61. The minimum absolute atomic E-state index is 0.0891. The fourth-order valence-electron chi connectivity index (χ4n) is 2.87. The molecule has 0 radical (unpaired) electrons. The molecule has 1 aromatic carbocycles. The Morgan fingerprint density at radius 2 is 2.12 bits per heavy atom. The fraction of sp³-hybridized carbons (Fsp3) is 0.500. The number of aliphatic hydroxyl groups is 1. The summed E-state index contributed by atoms with van der Waals surface area (Å²) in [5.41, 5.74) is 2.11. The highest BCUT2D eigenvalue weighted by molar-refractivity contribution is 5.75. The Morgan fingerprint density at radius 1 is 1.38 bits per heavy atom. The number of aliphatic hydroxyl groups excluding tert-OH is 1. The molecule has 2 unspecified atom stereocenters. The number of rotatable bonds is 8. The number of hydrogen-bond acceptors (Lipinski definition) is 4. The van der Waals surface area contributed by atoms with Crippen molar-refractivity contribution < 1.29 is 9.90 Å². The number of benzene rings is 1. The fourth-order valence-corrected chi connectivity index (χ4v) is 2.87. The van der Waals surface area contributed by atoms with Gasteiger partial charge in [-0.2, -0.15) is 0 Å². The molecule has 6 heteroatoms. The van der Waals surface area contributed by atoms with Gasteiger partial charge in [-0.25, -0.2) is 4.68 Å². The third kappa shape index (κ3) is 4.64. The van der Waals surface area contributed by atoms with E-state index >= 15 is 0 Å². The van der Waals surface area contributed by atoms with Crippen molar-refractivity contribution in [2.75, 3.05) is 6.54 Å². The van der Waals surface area contributed by atoms with Gasteiger partial charge in [0.1, 0.15) is 6.54 Å². The largest absolute Gasteiger partial charge is 0.393 e. The maximum atomic E-state index is 12.2. The van der Waals surface area contributed by atoms with E-state index in [-0.39, 0.29) is 18.4 Å². The molecular weight excluding hydrogens is 304 g/mol. The van der Waals surface area contributed by atoms with Crippen LogP contribution in [0.25, 0.3) is 0 Å². The van der Waals surface area contributed by atoms with Crippen LogP contribution in [0.4, 0.5) is 0 Å². The summed E-state index contributed by atoms with van der Waals surface area (Å²) in [5, 5.41) is 20.8. The summed E-state index contributed by atoms with van der Waals surface area (Å²) < 4.78 is 1.59. The van der Waals surface area contributed by atoms with Crippen LogP contribution in [0.5, 0.6) is 0 Å². The van der Waals surface area contributed by atoms with Crippen molar-refractivity contribution >= 4 is 5.91 Å². The zero-order valence-corrected chi connectivity index (χ0v) is 13.9. The van der Waals surface area contributed by atoms with Gasteiger partial charge in [0.2, 0.25) is 5.91 Å². The van der Waals surface area contributed by atoms with Crippen LogP contribution in [0.15, 0.2) is 36.5 Å². The standard InChI is InChI=1S/C18H24N4O2/c1-13(23)9-16(14-5-3-2-4-6-14)10-19-18(24)12-22-11-17(20-21-22)15-7-8-15/h2-6,11,13,15-16,23H,7-10,12H2,1H3,(H,19,24). The molecule has 1 fully saturated rings. The van der Waals surface area contributed by atoms with Gasteiger partial charge in [-0.3, -0.25) is 4.79 Å². The average Bonchev–Trinajstić information content (AvgIpc) is 3.32. The van der Waals surface area contributed by atoms with Crippen LogP contribution in [0.2, 0.25) is 0 Å². The Labute approximate surface area is 141 Å². The third-order valence-electron chi connectivity index (χ3n) is 4.30. The van der Waals surface area contributed by atoms with Gasteiger partial charge in [0.15, 0.2) is 0 Å². The van der Waals surface area contributed by atoms with Crippen LogP contribution in [0.1, 0.15) is 49.3 Å². The summed E-state index contributed by atoms with van der Waals surface area (Å²) in [6.07, 6.45) is 4.40. The molecule has 1 heterocycles. The van der Waals surface area contributed by atoms with Crippen LogP contribution >= 0.6 is 0 Å². The molecule has 6 nitrogen and oxygen atoms in total. The summed E-state index contributed by atoms with van der Waals surface area (Å²) in [6.45, 7) is 2.44. The molecule has 128 valence electrons. The lowest BCUT2D eigenvalue weighted by atomic mass is 9.93. The van der Waals surface area contributed by atoms with E-state index in [0.29, 0.717) is 18.9 Å². The van der Waals surface area contributed by atoms with E-state index in [1.54, 1.807) is 11.6 Å². The molecule has 3 rings (SSSR count). The van der Waals surface area contributed by atoms with E-state index in [1.807, 2.05) is 36.5 Å². The maximum absolute atomic E-state index is 12.2. The average molecular weight is 328 g/mol. The lowest BCUT2D eigenvalue weighted by Crippen LogP contribution is -2.32. The molecular formula is C18H24N4O2. The van der Waals surface area contributed by atoms with Crippen LogP contribution in [0, 0.1) is 0 Å². The second kappa shape index (κ2) is 7.57. The lowest BCUT2D eigenvalue weighted by Gasteiger charge is -2.19. The highest BCUT2D eigenvalue weighted by Crippen LogP contribution is 2.38. The predicted octanol–water partition coefficient (Wildman–Crippen LogP) is 1.83. The zero-order valence-electron chi connectivity index (χ0n) is 13.9. The highest BCUT2D eigenvalue weighted by atomic mass is 16.3. The van der Waals surface area contributed by atoms with Gasteiger partial charge in [0, 0.05) is 24.6 Å². The molecule has 0 saturated heterocycles. The quantitative estimate of drug-likeness (QED) is 0.775. The normalized spacial score (nSPS) is 16.6. The van der Waals surface area contributed by atoms with Crippen LogP contribution in [-0.2, 0) is 11.3 Å². The van der Waals surface area contributed by atoms with Gasteiger partial charge in [0.05, 0.1) is 11.8 Å². The lowest BCUT2D eigenvalue weighted by molar-refractivity contribution is -0.122. The van der Waals surface area contributed by atoms with Gasteiger partial charge < -0.3 is 10.4 Å². The molecule has 1 aromatic heterocycles. The molecule has 0 aliphatic heterocycles. The maximum Gasteiger partial charge on any atom is 0.241 e. The first-order chi connectivity index (χ1) is 11.6. The van der Waals surface area contributed by atoms with Crippen molar-refractivity contribution in [3.8, 4) is 0 Å². The Morgan fingerprint density at radius 3 is 2.79 bits per heavy atom. The van der Waals surface area contributed by atoms with Gasteiger partial charge in [0.25, 0.3) is 0 Å². The van der Waals surface area contributed by atoms with Gasteiger partial charge in [-0.15, -0.1) is 5.10 Å². The van der Waals surface area contributed by atoms with Gasteiger partial charge >= 0.3 is 0 Å². The molecule has 1 saturated carbocycles. The van der Waals surface area contributed by atoms with Crippen LogP contribution in [-0.4, -0.2) is 38.7 Å². The minimum Gasteiger partial charge on any atom is -0.393 e. The molecule has 2 aromatic rings. The van der Waals surface area contributed by atoms with Crippen molar-refractivity contribution in [3.05, 3.63) is 47.8 Å². The Bertz CT molecular complexity index is 665. The summed E-state index contributed by atoms with van der Waals surface area (Å²) >= 11 is 0. The molecule has 0 spiro atoms. The number of nitrogens with one attached hydrogen (secondary N) is 1. The van der Waals surface area contributed by atoms with Gasteiger partial charge in [-0.05, 0) is 31.7 Å². The van der Waals surface area contributed by atoms with E-state index in [9.17, 15) is 9.90 Å². The highest BCUT2D eigenvalue weighted by Gasteiger charge is 2.26. The minimum atomic E-state index is -0.413. The monoisotopic (exact) mass is 328 g/mol. The molecule has 2 atom stereocenters. The summed E-state index contributed by atoms with van der Waals surface area (Å²) in [5.74, 6) is 0.539. The molecule has 2 N–H and O–H groups in total. The first-order valence-electron chi connectivity index (χ1n) is 8.51. The molecule has 0 bridgehead atoms. The summed E-state index contributed by atoms with van der Waals surface area (Å²) in [6, 6.07) is 9.96. The predicted molar refractivity (Wildman–Crippen MR) is 90.5 cm³/mol. The van der Waals surface area contributed by atoms with E-state index in [1.165, 1.54) is 12.8 Å². The van der Waals surface area contributed by atoms with Crippen LogP contribution in [0.3, 0.4) is 0 Å². The summed E-state index contributed by atoms with van der Waals surface area (Å²) in [7, 11) is 0. The smallest absolute Gasteiger partial charge is 0.241 e. The number of amides is 1. The molecule has 1 aliphatic rings.